The van der Waals surface area contributed by atoms with Crippen molar-refractivity contribution in [3.63, 3.8) is 0 Å². The Hall–Kier alpha value is -2.67. The fraction of sp³-hybridized carbons (Fsp3) is 0.483. The van der Waals surface area contributed by atoms with E-state index in [0.29, 0.717) is 47.8 Å². The Morgan fingerprint density at radius 1 is 0.846 bits per heavy atom. The molecule has 2 heterocycles. The zero-order valence-electron chi connectivity index (χ0n) is 22.8. The second-order valence-corrected chi connectivity index (χ2v) is 13.1. The highest BCUT2D eigenvalue weighted by atomic mass is 35.5. The van der Waals surface area contributed by atoms with Crippen molar-refractivity contribution in [3.05, 3.63) is 59.7 Å². The van der Waals surface area contributed by atoms with Gasteiger partial charge in [0.15, 0.2) is 13.2 Å². The lowest BCUT2D eigenvalue weighted by Gasteiger charge is -2.33. The number of nitrogens with one attached hydrogen (secondary N) is 2. The lowest BCUT2D eigenvalue weighted by Crippen LogP contribution is -3.00. The zero-order valence-corrected chi connectivity index (χ0v) is 24.5. The van der Waals surface area contributed by atoms with Gasteiger partial charge in [-0.3, -0.25) is 14.4 Å². The molecule has 0 bridgehead atoms. The smallest absolute Gasteiger partial charge is 0.281 e. The number of nitrogens with two attached hydrogens (primary N) is 1. The molecule has 2 atom stereocenters. The number of halogens is 1. The summed E-state index contributed by atoms with van der Waals surface area (Å²) in [6, 6.07) is 13.8. The predicted octanol–water partition coefficient (Wildman–Crippen LogP) is -1.04. The number of quaternary nitrogens is 1. The quantitative estimate of drug-likeness (QED) is 0.315. The maximum absolute atomic E-state index is 15.2. The zero-order chi connectivity index (χ0) is 27.1. The van der Waals surface area contributed by atoms with Crippen LogP contribution in [0.15, 0.2) is 48.5 Å². The van der Waals surface area contributed by atoms with Gasteiger partial charge in [-0.05, 0) is 49.9 Å². The van der Waals surface area contributed by atoms with Gasteiger partial charge in [-0.2, -0.15) is 0 Å². The fourth-order valence-electron chi connectivity index (χ4n) is 5.44. The van der Waals surface area contributed by atoms with Gasteiger partial charge < -0.3 is 37.8 Å². The minimum absolute atomic E-state index is 0. The summed E-state index contributed by atoms with van der Waals surface area (Å²) >= 11 is 0. The number of likely N-dealkylation sites (tertiary alicyclic amines) is 1. The maximum atomic E-state index is 15.2. The minimum Gasteiger partial charge on any atom is -1.00 e. The van der Waals surface area contributed by atoms with Crippen molar-refractivity contribution in [2.75, 3.05) is 26.2 Å². The van der Waals surface area contributed by atoms with Gasteiger partial charge in [0, 0.05) is 54.2 Å². The molecular weight excluding hydrogens is 535 g/mol. The summed E-state index contributed by atoms with van der Waals surface area (Å²) in [5, 5.41) is 9.08. The number of carbonyl (C=O) groups excluding carboxylic acids is 3. The van der Waals surface area contributed by atoms with Crippen LogP contribution in [0.3, 0.4) is 0 Å². The van der Waals surface area contributed by atoms with E-state index in [1.54, 1.807) is 48.5 Å². The van der Waals surface area contributed by atoms with Crippen LogP contribution in [0.25, 0.3) is 0 Å². The van der Waals surface area contributed by atoms with Crippen molar-refractivity contribution >= 4 is 35.5 Å². The molecule has 2 aromatic rings. The van der Waals surface area contributed by atoms with E-state index in [9.17, 15) is 14.4 Å². The predicted molar refractivity (Wildman–Crippen MR) is 150 cm³/mol. The van der Waals surface area contributed by atoms with Gasteiger partial charge >= 0.3 is 0 Å². The number of carbonyl (C=O) groups is 3. The van der Waals surface area contributed by atoms with Crippen LogP contribution in [0.1, 0.15) is 73.1 Å². The number of benzene rings is 2. The Labute approximate surface area is 237 Å². The normalized spacial score (nSPS) is 18.9. The highest BCUT2D eigenvalue weighted by Gasteiger charge is 2.47. The SMILES string of the molecule is CCCNC(=O)c1ccc(P(=O)(c2ccc(C(=O)NCCC)cc2)C2CCCN2C(=O)[C@@H]2CCC[NH2+]2)cc1.[Cl-]. The van der Waals surface area contributed by atoms with E-state index in [-0.39, 0.29) is 36.2 Å². The summed E-state index contributed by atoms with van der Waals surface area (Å²) in [6.07, 6.45) is 4.98. The monoisotopic (exact) mass is 574 g/mol. The van der Waals surface area contributed by atoms with E-state index in [0.717, 1.165) is 38.6 Å². The van der Waals surface area contributed by atoms with Crippen LogP contribution < -0.4 is 39.0 Å². The molecule has 2 aliphatic heterocycles. The van der Waals surface area contributed by atoms with Gasteiger partial charge in [-0.25, -0.2) is 0 Å². The van der Waals surface area contributed by atoms with Crippen molar-refractivity contribution in [2.45, 2.75) is 64.2 Å². The summed E-state index contributed by atoms with van der Waals surface area (Å²) < 4.78 is 15.2. The standard InChI is InChI=1S/C29H39N4O4P.ClH/c1-3-17-31-27(34)21-9-13-23(14-10-21)38(37,24-15-11-22(12-16-24)28(35)32-18-4-2)26-8-6-20-33(26)29(36)25-7-5-19-30-25;/h9-16,25-26,30H,3-8,17-20H2,1-2H3,(H,31,34)(H,32,35);1H/t25-,26?;/m0./s1. The second-order valence-electron chi connectivity index (χ2n) is 10.2. The molecule has 0 aromatic heterocycles. The molecule has 2 aromatic carbocycles. The Morgan fingerprint density at radius 3 is 1.79 bits per heavy atom. The minimum atomic E-state index is -3.34. The molecule has 4 rings (SSSR count). The maximum Gasteiger partial charge on any atom is 0.281 e. The van der Waals surface area contributed by atoms with Crippen LogP contribution >= 0.6 is 7.14 Å². The molecule has 2 fully saturated rings. The Kier molecular flexibility index (Phi) is 11.2. The van der Waals surface area contributed by atoms with Crippen molar-refractivity contribution < 1.29 is 36.7 Å². The number of hydrogen-bond acceptors (Lipinski definition) is 4. The van der Waals surface area contributed by atoms with Gasteiger partial charge in [-0.15, -0.1) is 0 Å². The van der Waals surface area contributed by atoms with E-state index in [1.807, 2.05) is 18.7 Å². The average molecular weight is 575 g/mol. The molecule has 2 aliphatic rings. The molecule has 8 nitrogen and oxygen atoms in total. The number of hydrogen-bond donors (Lipinski definition) is 3. The lowest BCUT2D eigenvalue weighted by molar-refractivity contribution is -0.658. The largest absolute Gasteiger partial charge is 1.00 e. The number of nitrogens with zero attached hydrogens (tertiary/aromatic N) is 1. The summed E-state index contributed by atoms with van der Waals surface area (Å²) in [7, 11) is -3.34. The highest BCUT2D eigenvalue weighted by molar-refractivity contribution is 7.79. The molecule has 1 unspecified atom stereocenters. The summed E-state index contributed by atoms with van der Waals surface area (Å²) in [6.45, 7) is 6.71. The topological polar surface area (TPSA) is 112 Å². The number of rotatable bonds is 10. The molecule has 0 radical (unpaired) electrons. The van der Waals surface area contributed by atoms with Gasteiger partial charge in [0.25, 0.3) is 17.7 Å². The van der Waals surface area contributed by atoms with Crippen LogP contribution in [0.5, 0.6) is 0 Å². The molecule has 4 N–H and O–H groups in total. The third kappa shape index (κ3) is 6.74. The van der Waals surface area contributed by atoms with Crippen LogP contribution in [0.2, 0.25) is 0 Å². The first-order valence-electron chi connectivity index (χ1n) is 13.9. The average Bonchev–Trinajstić information content (AvgIpc) is 3.67. The molecule has 0 spiro atoms. The van der Waals surface area contributed by atoms with Crippen LogP contribution in [0, 0.1) is 0 Å². The van der Waals surface area contributed by atoms with Gasteiger partial charge in [0.05, 0.1) is 12.3 Å². The van der Waals surface area contributed by atoms with Crippen LogP contribution in [0.4, 0.5) is 0 Å². The summed E-state index contributed by atoms with van der Waals surface area (Å²) in [5.41, 5.74) is 1.02. The first-order chi connectivity index (χ1) is 18.4. The number of amides is 3. The molecular formula is C29H40ClN4O4P. The molecule has 0 aliphatic carbocycles. The van der Waals surface area contributed by atoms with Crippen molar-refractivity contribution in [1.29, 1.82) is 0 Å². The molecule has 212 valence electrons. The van der Waals surface area contributed by atoms with E-state index in [2.05, 4.69) is 16.0 Å². The van der Waals surface area contributed by atoms with Crippen LogP contribution in [-0.2, 0) is 9.36 Å². The first-order valence-corrected chi connectivity index (χ1v) is 15.7. The Morgan fingerprint density at radius 2 is 1.36 bits per heavy atom. The second kappa shape index (κ2) is 14.1. The van der Waals surface area contributed by atoms with Crippen molar-refractivity contribution in [2.24, 2.45) is 0 Å². The fourth-order valence-corrected chi connectivity index (χ4v) is 8.78. The van der Waals surface area contributed by atoms with E-state index < -0.39 is 12.9 Å². The summed E-state index contributed by atoms with van der Waals surface area (Å²) in [4.78, 5) is 40.3. The highest BCUT2D eigenvalue weighted by Crippen LogP contribution is 2.53. The third-order valence-corrected chi connectivity index (χ3v) is 11.0. The van der Waals surface area contributed by atoms with Crippen molar-refractivity contribution in [1.82, 2.24) is 15.5 Å². The molecule has 3 amide bonds. The van der Waals surface area contributed by atoms with Gasteiger partial charge in [-0.1, -0.05) is 38.1 Å². The van der Waals surface area contributed by atoms with Gasteiger partial charge in [0.1, 0.15) is 0 Å². The van der Waals surface area contributed by atoms with Crippen molar-refractivity contribution in [3.8, 4) is 0 Å². The van der Waals surface area contributed by atoms with E-state index in [4.69, 9.17) is 0 Å². The Bertz CT molecular complexity index is 1120. The molecule has 2 saturated heterocycles. The molecule has 39 heavy (non-hydrogen) atoms. The lowest BCUT2D eigenvalue weighted by atomic mass is 10.2. The summed E-state index contributed by atoms with van der Waals surface area (Å²) in [5.74, 6) is -0.713. The molecule has 10 heteroatoms. The van der Waals surface area contributed by atoms with E-state index in [1.165, 1.54) is 0 Å². The first kappa shape index (κ1) is 30.9. The van der Waals surface area contributed by atoms with Crippen LogP contribution in [-0.4, -0.2) is 60.6 Å². The van der Waals surface area contributed by atoms with Gasteiger partial charge in [0.2, 0.25) is 0 Å². The van der Waals surface area contributed by atoms with E-state index >= 15 is 4.57 Å². The third-order valence-electron chi connectivity index (χ3n) is 7.51. The molecule has 0 saturated carbocycles. The Balaban J connectivity index is 0.00000420.